The van der Waals surface area contributed by atoms with Gasteiger partial charge in [-0.2, -0.15) is 0 Å². The average molecular weight is 344 g/mol. The number of anilines is 1. The summed E-state index contributed by atoms with van der Waals surface area (Å²) < 4.78 is 26.8. The molecule has 1 heterocycles. The molecule has 24 heavy (non-hydrogen) atoms. The lowest BCUT2D eigenvalue weighted by molar-refractivity contribution is 0.0664. The van der Waals surface area contributed by atoms with Gasteiger partial charge in [0.15, 0.2) is 0 Å². The van der Waals surface area contributed by atoms with E-state index in [0.717, 1.165) is 10.5 Å². The second-order valence-electron chi connectivity index (χ2n) is 5.60. The van der Waals surface area contributed by atoms with Gasteiger partial charge in [0.25, 0.3) is 11.8 Å². The fourth-order valence-electron chi connectivity index (χ4n) is 2.59. The maximum Gasteiger partial charge on any atom is 0.261 e. The van der Waals surface area contributed by atoms with Crippen molar-refractivity contribution in [3.05, 3.63) is 65.2 Å². The molecule has 2 aromatic carbocycles. The Morgan fingerprint density at radius 3 is 2.17 bits per heavy atom. The van der Waals surface area contributed by atoms with E-state index in [4.69, 9.17) is 0 Å². The number of sulfonamides is 1. The molecule has 0 aromatic heterocycles. The van der Waals surface area contributed by atoms with Crippen LogP contribution in [0.15, 0.2) is 48.5 Å². The van der Waals surface area contributed by atoms with Crippen LogP contribution in [0.5, 0.6) is 0 Å². The van der Waals surface area contributed by atoms with Crippen LogP contribution in [0.25, 0.3) is 0 Å². The number of imide groups is 1. The van der Waals surface area contributed by atoms with Gasteiger partial charge in [-0.1, -0.05) is 24.3 Å². The first-order valence-electron chi connectivity index (χ1n) is 7.40. The maximum absolute atomic E-state index is 12.2. The fourth-order valence-corrected chi connectivity index (χ4v) is 3.60. The third-order valence-corrected chi connectivity index (χ3v) is 5.02. The Labute approximate surface area is 140 Å². The van der Waals surface area contributed by atoms with Crippen LogP contribution in [-0.4, -0.2) is 37.4 Å². The van der Waals surface area contributed by atoms with Crippen molar-refractivity contribution in [1.29, 1.82) is 0 Å². The average Bonchev–Trinajstić information content (AvgIpc) is 2.77. The minimum absolute atomic E-state index is 0.187. The van der Waals surface area contributed by atoms with Crippen molar-refractivity contribution in [2.75, 3.05) is 17.0 Å². The molecule has 0 spiro atoms. The van der Waals surface area contributed by atoms with Gasteiger partial charge in [-0.3, -0.25) is 19.2 Å². The lowest BCUT2D eigenvalue weighted by Gasteiger charge is -2.14. The van der Waals surface area contributed by atoms with Crippen LogP contribution in [0.3, 0.4) is 0 Å². The number of hydrogen-bond acceptors (Lipinski definition) is 4. The molecule has 0 radical (unpaired) electrons. The van der Waals surface area contributed by atoms with Crippen LogP contribution in [0.1, 0.15) is 26.3 Å². The van der Waals surface area contributed by atoms with Crippen LogP contribution < -0.4 is 4.72 Å². The normalized spacial score (nSPS) is 14.0. The molecule has 0 fully saturated rings. The molecule has 0 saturated carbocycles. The summed E-state index contributed by atoms with van der Waals surface area (Å²) in [6.45, 7) is 1.67. The highest BCUT2D eigenvalue weighted by Gasteiger charge is 2.35. The topological polar surface area (TPSA) is 83.6 Å². The first-order valence-corrected chi connectivity index (χ1v) is 9.05. The van der Waals surface area contributed by atoms with Crippen molar-refractivity contribution >= 4 is 27.5 Å². The Kier molecular flexibility index (Phi) is 4.11. The number of nitrogens with zero attached hydrogens (tertiary/aromatic N) is 1. The third kappa shape index (κ3) is 3.16. The molecule has 6 nitrogen and oxygen atoms in total. The zero-order valence-electron chi connectivity index (χ0n) is 13.0. The van der Waals surface area contributed by atoms with E-state index in [1.165, 1.54) is 0 Å². The number of carbonyl (C=O) groups excluding carboxylic acids is 2. The van der Waals surface area contributed by atoms with Crippen molar-refractivity contribution < 1.29 is 18.0 Å². The molecule has 7 heteroatoms. The van der Waals surface area contributed by atoms with Crippen molar-refractivity contribution in [1.82, 2.24) is 4.90 Å². The summed E-state index contributed by atoms with van der Waals surface area (Å²) >= 11 is 0. The number of aryl methyl sites for hydroxylation is 1. The van der Waals surface area contributed by atoms with Gasteiger partial charge in [0.2, 0.25) is 10.0 Å². The number of benzene rings is 2. The summed E-state index contributed by atoms with van der Waals surface area (Å²) in [7, 11) is -3.67. The number of rotatable bonds is 5. The largest absolute Gasteiger partial charge is 0.283 e. The molecule has 0 unspecified atom stereocenters. The Morgan fingerprint density at radius 1 is 0.958 bits per heavy atom. The molecule has 0 aliphatic carbocycles. The highest BCUT2D eigenvalue weighted by molar-refractivity contribution is 7.92. The molecule has 2 aromatic rings. The number of hydrogen-bond donors (Lipinski definition) is 1. The summed E-state index contributed by atoms with van der Waals surface area (Å²) in [6.07, 6.45) is 0. The second kappa shape index (κ2) is 6.09. The summed E-state index contributed by atoms with van der Waals surface area (Å²) in [5.74, 6) is -1.27. The van der Waals surface area contributed by atoms with Crippen LogP contribution in [0.2, 0.25) is 0 Å². The van der Waals surface area contributed by atoms with E-state index in [1.54, 1.807) is 42.5 Å². The molecule has 3 rings (SSSR count). The van der Waals surface area contributed by atoms with Gasteiger partial charge in [0.1, 0.15) is 0 Å². The number of fused-ring (bicyclic) bond motifs is 1. The van der Waals surface area contributed by atoms with Crippen molar-refractivity contribution in [2.24, 2.45) is 0 Å². The molecule has 0 bridgehead atoms. The quantitative estimate of drug-likeness (QED) is 0.841. The van der Waals surface area contributed by atoms with Crippen molar-refractivity contribution in [3.8, 4) is 0 Å². The molecular formula is C17H16N2O4S. The van der Waals surface area contributed by atoms with Gasteiger partial charge in [-0.15, -0.1) is 0 Å². The number of carbonyl (C=O) groups is 2. The minimum Gasteiger partial charge on any atom is -0.283 e. The lowest BCUT2D eigenvalue weighted by atomic mass is 10.1. The second-order valence-corrected chi connectivity index (χ2v) is 7.44. The summed E-state index contributed by atoms with van der Waals surface area (Å²) in [4.78, 5) is 25.4. The highest BCUT2D eigenvalue weighted by Crippen LogP contribution is 2.22. The molecule has 1 aliphatic rings. The van der Waals surface area contributed by atoms with Gasteiger partial charge < -0.3 is 0 Å². The Hall–Kier alpha value is -2.67. The van der Waals surface area contributed by atoms with Crippen LogP contribution in [0, 0.1) is 6.92 Å². The predicted molar refractivity (Wildman–Crippen MR) is 90.4 cm³/mol. The summed E-state index contributed by atoms with van der Waals surface area (Å²) in [5.41, 5.74) is 2.01. The third-order valence-electron chi connectivity index (χ3n) is 3.75. The molecule has 1 N–H and O–H groups in total. The van der Waals surface area contributed by atoms with E-state index in [2.05, 4.69) is 4.72 Å². The lowest BCUT2D eigenvalue weighted by Crippen LogP contribution is -2.35. The van der Waals surface area contributed by atoms with Gasteiger partial charge in [-0.05, 0) is 36.8 Å². The van der Waals surface area contributed by atoms with Gasteiger partial charge >= 0.3 is 0 Å². The molecule has 124 valence electrons. The molecule has 1 aliphatic heterocycles. The van der Waals surface area contributed by atoms with E-state index < -0.39 is 21.8 Å². The van der Waals surface area contributed by atoms with E-state index in [9.17, 15) is 18.0 Å². The van der Waals surface area contributed by atoms with Crippen molar-refractivity contribution in [2.45, 2.75) is 6.92 Å². The first-order chi connectivity index (χ1) is 11.4. The maximum atomic E-state index is 12.2. The standard InChI is InChI=1S/C17H16N2O4S/c1-12-5-4-6-13(11-12)18-24(22,23)10-9-19-16(20)14-7-2-3-8-15(14)17(19)21/h2-8,11,18H,9-10H2,1H3. The molecule has 0 atom stereocenters. The molecule has 0 saturated heterocycles. The zero-order chi connectivity index (χ0) is 17.3. The van der Waals surface area contributed by atoms with Crippen LogP contribution in [0.4, 0.5) is 5.69 Å². The summed E-state index contributed by atoms with van der Waals surface area (Å²) in [6, 6.07) is 13.4. The monoisotopic (exact) mass is 344 g/mol. The first kappa shape index (κ1) is 16.2. The SMILES string of the molecule is Cc1cccc(NS(=O)(=O)CCN2C(=O)c3ccccc3C2=O)c1. The number of amides is 2. The zero-order valence-corrected chi connectivity index (χ0v) is 13.8. The van der Waals surface area contributed by atoms with Gasteiger partial charge in [-0.25, -0.2) is 8.42 Å². The smallest absolute Gasteiger partial charge is 0.261 e. The van der Waals surface area contributed by atoms with Crippen molar-refractivity contribution in [3.63, 3.8) is 0 Å². The predicted octanol–water partition coefficient (Wildman–Crippen LogP) is 2.03. The fraction of sp³-hybridized carbons (Fsp3) is 0.176. The molecular weight excluding hydrogens is 328 g/mol. The van der Waals surface area contributed by atoms with E-state index >= 15 is 0 Å². The van der Waals surface area contributed by atoms with Crippen LogP contribution in [-0.2, 0) is 10.0 Å². The Balaban J connectivity index is 1.70. The minimum atomic E-state index is -3.67. The molecule has 2 amide bonds. The van der Waals surface area contributed by atoms with E-state index in [1.807, 2.05) is 13.0 Å². The number of nitrogens with one attached hydrogen (secondary N) is 1. The van der Waals surface area contributed by atoms with E-state index in [-0.39, 0.29) is 12.3 Å². The highest BCUT2D eigenvalue weighted by atomic mass is 32.2. The van der Waals surface area contributed by atoms with Gasteiger partial charge in [0.05, 0.1) is 16.9 Å². The van der Waals surface area contributed by atoms with Crippen LogP contribution >= 0.6 is 0 Å². The Morgan fingerprint density at radius 2 is 1.58 bits per heavy atom. The summed E-state index contributed by atoms with van der Waals surface area (Å²) in [5, 5.41) is 0. The Bertz CT molecular complexity index is 887. The van der Waals surface area contributed by atoms with Gasteiger partial charge in [0, 0.05) is 12.2 Å². The van der Waals surface area contributed by atoms with E-state index in [0.29, 0.717) is 16.8 Å².